The highest BCUT2D eigenvalue weighted by Gasteiger charge is 2.43. The zero-order valence-corrected chi connectivity index (χ0v) is 11.8. The Morgan fingerprint density at radius 2 is 2.05 bits per heavy atom. The van der Waals surface area contributed by atoms with E-state index in [1.165, 1.54) is 12.1 Å². The second-order valence-electron chi connectivity index (χ2n) is 6.01. The fraction of sp³-hybridized carbons (Fsp3) is 0.533. The average Bonchev–Trinajstić information content (AvgIpc) is 3.00. The van der Waals surface area contributed by atoms with E-state index >= 15 is 0 Å². The van der Waals surface area contributed by atoms with Crippen molar-refractivity contribution in [1.82, 2.24) is 5.32 Å². The summed E-state index contributed by atoms with van der Waals surface area (Å²) >= 11 is 0. The molecule has 1 heterocycles. The molecule has 1 aromatic rings. The van der Waals surface area contributed by atoms with Crippen LogP contribution in [0.2, 0.25) is 0 Å². The third kappa shape index (κ3) is 2.84. The Morgan fingerprint density at radius 1 is 1.27 bits per heavy atom. The van der Waals surface area contributed by atoms with E-state index in [9.17, 15) is 18.0 Å². The lowest BCUT2D eigenvalue weighted by Crippen LogP contribution is -2.38. The van der Waals surface area contributed by atoms with Gasteiger partial charge in [-0.3, -0.25) is 0 Å². The summed E-state index contributed by atoms with van der Waals surface area (Å²) in [5.41, 5.74) is -0.0967. The van der Waals surface area contributed by atoms with E-state index in [2.05, 4.69) is 5.32 Å². The maximum Gasteiger partial charge on any atom is 0.416 e. The molecule has 1 aliphatic heterocycles. The predicted molar refractivity (Wildman–Crippen MR) is 74.8 cm³/mol. The molecule has 2 N–H and O–H groups in total. The number of anilines is 1. The maximum absolute atomic E-state index is 12.8. The van der Waals surface area contributed by atoms with Crippen molar-refractivity contribution >= 4 is 11.8 Å². The van der Waals surface area contributed by atoms with Crippen LogP contribution in [0.1, 0.15) is 18.4 Å². The molecule has 22 heavy (non-hydrogen) atoms. The molecule has 1 saturated heterocycles. The summed E-state index contributed by atoms with van der Waals surface area (Å²) in [6.45, 7) is 1.28. The SMILES string of the molecule is O=C(O)NC1CC[C@@H]2CN(c3cccc(C(F)(F)F)c3)CC12. The van der Waals surface area contributed by atoms with E-state index in [0.29, 0.717) is 24.7 Å². The number of nitrogens with zero attached hydrogens (tertiary/aromatic N) is 1. The van der Waals surface area contributed by atoms with Gasteiger partial charge in [-0.1, -0.05) is 6.07 Å². The van der Waals surface area contributed by atoms with Crippen LogP contribution in [-0.4, -0.2) is 30.3 Å². The van der Waals surface area contributed by atoms with E-state index in [-0.39, 0.29) is 12.0 Å². The van der Waals surface area contributed by atoms with Crippen molar-refractivity contribution in [2.24, 2.45) is 11.8 Å². The zero-order chi connectivity index (χ0) is 15.9. The molecule has 2 fully saturated rings. The summed E-state index contributed by atoms with van der Waals surface area (Å²) in [6.07, 6.45) is -3.68. The van der Waals surface area contributed by atoms with Gasteiger partial charge in [0.2, 0.25) is 0 Å². The lowest BCUT2D eigenvalue weighted by Gasteiger charge is -2.23. The Labute approximate surface area is 125 Å². The maximum atomic E-state index is 12.8. The first-order chi connectivity index (χ1) is 10.3. The normalized spacial score (nSPS) is 27.8. The van der Waals surface area contributed by atoms with Crippen LogP contribution in [0.25, 0.3) is 0 Å². The molecule has 7 heteroatoms. The Morgan fingerprint density at radius 3 is 2.73 bits per heavy atom. The number of alkyl halides is 3. The van der Waals surface area contributed by atoms with E-state index in [1.54, 1.807) is 6.07 Å². The molecule has 0 aromatic heterocycles. The highest BCUT2D eigenvalue weighted by Crippen LogP contribution is 2.41. The number of nitrogens with one attached hydrogen (secondary N) is 1. The van der Waals surface area contributed by atoms with E-state index in [1.807, 2.05) is 4.90 Å². The zero-order valence-electron chi connectivity index (χ0n) is 11.8. The molecule has 1 aliphatic carbocycles. The first-order valence-electron chi connectivity index (χ1n) is 7.26. The molecule has 3 atom stereocenters. The predicted octanol–water partition coefficient (Wildman–Crippen LogP) is 3.19. The van der Waals surface area contributed by atoms with E-state index in [4.69, 9.17) is 5.11 Å². The molecule has 2 unspecified atom stereocenters. The van der Waals surface area contributed by atoms with E-state index < -0.39 is 17.8 Å². The number of carboxylic acid groups (broad SMARTS) is 1. The van der Waals surface area contributed by atoms with Crippen LogP contribution >= 0.6 is 0 Å². The number of halogens is 3. The van der Waals surface area contributed by atoms with E-state index in [0.717, 1.165) is 18.9 Å². The Balaban J connectivity index is 1.75. The third-order valence-corrected chi connectivity index (χ3v) is 4.70. The number of fused-ring (bicyclic) bond motifs is 1. The number of hydrogen-bond acceptors (Lipinski definition) is 2. The second-order valence-corrected chi connectivity index (χ2v) is 6.01. The standard InChI is InChI=1S/C15H17F3N2O2/c16-15(17,18)10-2-1-3-11(6-10)20-7-9-4-5-13(12(9)8-20)19-14(21)22/h1-3,6,9,12-13,19H,4-5,7-8H2,(H,21,22)/t9-,12?,13?/m1/s1. The van der Waals surface area contributed by atoms with Crippen molar-refractivity contribution in [2.75, 3.05) is 18.0 Å². The molecule has 0 bridgehead atoms. The van der Waals surface area contributed by atoms with Crippen LogP contribution in [0, 0.1) is 11.8 Å². The Hall–Kier alpha value is -1.92. The van der Waals surface area contributed by atoms with Gasteiger partial charge in [-0.2, -0.15) is 13.2 Å². The van der Waals surface area contributed by atoms with Crippen LogP contribution in [0.5, 0.6) is 0 Å². The van der Waals surface area contributed by atoms with Gasteiger partial charge in [0.15, 0.2) is 0 Å². The Bertz CT molecular complexity index is 576. The number of amides is 1. The summed E-state index contributed by atoms with van der Waals surface area (Å²) in [5, 5.41) is 11.4. The summed E-state index contributed by atoms with van der Waals surface area (Å²) < 4.78 is 38.4. The fourth-order valence-electron chi connectivity index (χ4n) is 3.69. The van der Waals surface area contributed by atoms with Crippen molar-refractivity contribution in [3.63, 3.8) is 0 Å². The van der Waals surface area contributed by atoms with Gasteiger partial charge >= 0.3 is 12.3 Å². The first-order valence-corrected chi connectivity index (χ1v) is 7.26. The minimum absolute atomic E-state index is 0.0988. The monoisotopic (exact) mass is 314 g/mol. The largest absolute Gasteiger partial charge is 0.465 e. The third-order valence-electron chi connectivity index (χ3n) is 4.70. The molecule has 0 spiro atoms. The number of hydrogen-bond donors (Lipinski definition) is 2. The van der Waals surface area contributed by atoms with Gasteiger partial charge in [0, 0.05) is 30.7 Å². The van der Waals surface area contributed by atoms with Crippen molar-refractivity contribution in [3.8, 4) is 0 Å². The smallest absolute Gasteiger partial charge is 0.416 e. The molecule has 1 aromatic carbocycles. The van der Waals surface area contributed by atoms with Gasteiger partial charge < -0.3 is 15.3 Å². The molecule has 120 valence electrons. The quantitative estimate of drug-likeness (QED) is 0.881. The van der Waals surface area contributed by atoms with Gasteiger partial charge in [0.1, 0.15) is 0 Å². The number of carbonyl (C=O) groups is 1. The van der Waals surface area contributed by atoms with Crippen LogP contribution in [0.15, 0.2) is 24.3 Å². The van der Waals surface area contributed by atoms with Crippen LogP contribution in [-0.2, 0) is 6.18 Å². The summed E-state index contributed by atoms with van der Waals surface area (Å²) in [4.78, 5) is 12.7. The number of rotatable bonds is 2. The lowest BCUT2D eigenvalue weighted by molar-refractivity contribution is -0.137. The fourth-order valence-corrected chi connectivity index (χ4v) is 3.69. The van der Waals surface area contributed by atoms with Crippen molar-refractivity contribution in [1.29, 1.82) is 0 Å². The molecular formula is C15H17F3N2O2. The highest BCUT2D eigenvalue weighted by atomic mass is 19.4. The second kappa shape index (κ2) is 5.37. The minimum Gasteiger partial charge on any atom is -0.465 e. The van der Waals surface area contributed by atoms with Crippen LogP contribution in [0.3, 0.4) is 0 Å². The van der Waals surface area contributed by atoms with Gasteiger partial charge in [0.05, 0.1) is 5.56 Å². The topological polar surface area (TPSA) is 52.6 Å². The van der Waals surface area contributed by atoms with Crippen molar-refractivity contribution in [2.45, 2.75) is 25.1 Å². The van der Waals surface area contributed by atoms with Crippen molar-refractivity contribution in [3.05, 3.63) is 29.8 Å². The van der Waals surface area contributed by atoms with Gasteiger partial charge in [-0.25, -0.2) is 4.79 Å². The van der Waals surface area contributed by atoms with Gasteiger partial charge in [-0.05, 0) is 37.0 Å². The summed E-state index contributed by atoms with van der Waals surface area (Å²) in [6, 6.07) is 5.23. The first kappa shape index (κ1) is 15.0. The minimum atomic E-state index is -4.35. The van der Waals surface area contributed by atoms with Gasteiger partial charge in [-0.15, -0.1) is 0 Å². The molecule has 2 aliphatic rings. The lowest BCUT2D eigenvalue weighted by atomic mass is 9.98. The molecule has 3 rings (SSSR count). The van der Waals surface area contributed by atoms with Crippen LogP contribution in [0.4, 0.5) is 23.7 Å². The summed E-state index contributed by atoms with van der Waals surface area (Å²) in [7, 11) is 0. The van der Waals surface area contributed by atoms with Crippen molar-refractivity contribution < 1.29 is 23.1 Å². The molecule has 4 nitrogen and oxygen atoms in total. The molecular weight excluding hydrogens is 297 g/mol. The molecule has 1 amide bonds. The number of benzene rings is 1. The highest BCUT2D eigenvalue weighted by molar-refractivity contribution is 5.65. The molecule has 0 radical (unpaired) electrons. The van der Waals surface area contributed by atoms with Gasteiger partial charge in [0.25, 0.3) is 0 Å². The molecule has 1 saturated carbocycles. The van der Waals surface area contributed by atoms with Crippen LogP contribution < -0.4 is 10.2 Å². The average molecular weight is 314 g/mol. The Kier molecular flexibility index (Phi) is 3.66. The summed E-state index contributed by atoms with van der Waals surface area (Å²) in [5.74, 6) is 0.511.